The van der Waals surface area contributed by atoms with Gasteiger partial charge in [-0.2, -0.15) is 0 Å². The largest absolute Gasteiger partial charge is 0.331 e. The van der Waals surface area contributed by atoms with Crippen molar-refractivity contribution in [3.63, 3.8) is 0 Å². The summed E-state index contributed by atoms with van der Waals surface area (Å²) < 4.78 is 3.63. The number of halogens is 1. The Bertz CT molecular complexity index is 1000. The van der Waals surface area contributed by atoms with Gasteiger partial charge in [-0.15, -0.1) is 5.10 Å². The molecule has 0 bridgehead atoms. The van der Waals surface area contributed by atoms with Crippen LogP contribution in [-0.2, 0) is 7.05 Å². The van der Waals surface area contributed by atoms with E-state index in [1.165, 1.54) is 0 Å². The quantitative estimate of drug-likeness (QED) is 0.568. The van der Waals surface area contributed by atoms with Gasteiger partial charge in [0.05, 0.1) is 0 Å². The van der Waals surface area contributed by atoms with Crippen LogP contribution in [0.1, 0.15) is 5.56 Å². The number of pyridine rings is 1. The van der Waals surface area contributed by atoms with Crippen molar-refractivity contribution in [2.75, 3.05) is 0 Å². The summed E-state index contributed by atoms with van der Waals surface area (Å²) in [7, 11) is 1.90. The lowest BCUT2D eigenvalue weighted by molar-refractivity contribution is 0.859. The molecule has 0 atom stereocenters. The third-order valence-electron chi connectivity index (χ3n) is 3.85. The van der Waals surface area contributed by atoms with Gasteiger partial charge >= 0.3 is 0 Å². The van der Waals surface area contributed by atoms with E-state index in [4.69, 9.17) is 11.6 Å². The molecule has 0 saturated heterocycles. The van der Waals surface area contributed by atoms with Crippen molar-refractivity contribution in [1.82, 2.24) is 29.1 Å². The van der Waals surface area contributed by atoms with E-state index in [9.17, 15) is 0 Å². The molecule has 114 valence electrons. The summed E-state index contributed by atoms with van der Waals surface area (Å²) in [5.74, 6) is 1.16. The van der Waals surface area contributed by atoms with Crippen molar-refractivity contribution < 1.29 is 0 Å². The normalized spacial score (nSPS) is 11.3. The predicted octanol–water partition coefficient (Wildman–Crippen LogP) is 3.15. The second-order valence-electron chi connectivity index (χ2n) is 5.28. The molecule has 6 nitrogen and oxygen atoms in total. The number of imidazole rings is 1. The summed E-state index contributed by atoms with van der Waals surface area (Å²) in [4.78, 5) is 12.7. The van der Waals surface area contributed by atoms with Crippen LogP contribution in [0.15, 0.2) is 43.1 Å². The van der Waals surface area contributed by atoms with Gasteiger partial charge in [0.2, 0.25) is 5.82 Å². The van der Waals surface area contributed by atoms with Gasteiger partial charge in [0.25, 0.3) is 0 Å². The molecule has 0 fully saturated rings. The fourth-order valence-electron chi connectivity index (χ4n) is 2.68. The fourth-order valence-corrected chi connectivity index (χ4v) is 2.99. The molecular formula is C16H13ClN6. The van der Waals surface area contributed by atoms with Gasteiger partial charge in [0.1, 0.15) is 5.52 Å². The zero-order valence-corrected chi connectivity index (χ0v) is 13.4. The number of aryl methyl sites for hydroxylation is 2. The number of aromatic nitrogens is 6. The van der Waals surface area contributed by atoms with E-state index in [0.717, 1.165) is 22.2 Å². The molecule has 0 aliphatic heterocycles. The van der Waals surface area contributed by atoms with E-state index in [1.54, 1.807) is 23.1 Å². The number of nitrogens with zero attached hydrogens (tertiary/aromatic N) is 6. The third-order valence-corrected chi connectivity index (χ3v) is 4.12. The molecule has 4 heterocycles. The maximum absolute atomic E-state index is 6.42. The molecule has 0 aliphatic carbocycles. The predicted molar refractivity (Wildman–Crippen MR) is 88.2 cm³/mol. The van der Waals surface area contributed by atoms with Gasteiger partial charge in [-0.25, -0.2) is 14.5 Å². The average molecular weight is 325 g/mol. The number of rotatable bonds is 2. The Hall–Kier alpha value is -2.73. The van der Waals surface area contributed by atoms with Crippen LogP contribution in [0.2, 0.25) is 5.15 Å². The van der Waals surface area contributed by atoms with Crippen molar-refractivity contribution in [2.24, 2.45) is 7.05 Å². The van der Waals surface area contributed by atoms with Crippen molar-refractivity contribution in [2.45, 2.75) is 6.92 Å². The molecule has 4 rings (SSSR count). The molecule has 0 radical (unpaired) electrons. The Kier molecular flexibility index (Phi) is 3.12. The zero-order chi connectivity index (χ0) is 16.0. The molecule has 0 unspecified atom stereocenters. The molecule has 0 amide bonds. The lowest BCUT2D eigenvalue weighted by Crippen LogP contribution is -2.02. The van der Waals surface area contributed by atoms with E-state index in [2.05, 4.69) is 20.1 Å². The monoisotopic (exact) mass is 324 g/mol. The molecule has 0 aromatic carbocycles. The van der Waals surface area contributed by atoms with Crippen LogP contribution in [0, 0.1) is 6.92 Å². The van der Waals surface area contributed by atoms with E-state index in [1.807, 2.05) is 43.1 Å². The van der Waals surface area contributed by atoms with Gasteiger partial charge in [-0.1, -0.05) is 11.6 Å². The number of hydrogen-bond donors (Lipinski definition) is 0. The highest BCUT2D eigenvalue weighted by molar-refractivity contribution is 6.33. The molecular weight excluding hydrogens is 312 g/mol. The molecule has 0 N–H and O–H groups in total. The lowest BCUT2D eigenvalue weighted by atomic mass is 10.1. The molecule has 0 aliphatic rings. The Morgan fingerprint density at radius 2 is 1.91 bits per heavy atom. The highest BCUT2D eigenvalue weighted by atomic mass is 35.5. The van der Waals surface area contributed by atoms with Crippen LogP contribution in [0.25, 0.3) is 28.3 Å². The van der Waals surface area contributed by atoms with E-state index in [-0.39, 0.29) is 0 Å². The fraction of sp³-hybridized carbons (Fsp3) is 0.125. The number of hydrogen-bond acceptors (Lipinski definition) is 4. The molecule has 0 saturated carbocycles. The van der Waals surface area contributed by atoms with E-state index in [0.29, 0.717) is 16.8 Å². The van der Waals surface area contributed by atoms with Gasteiger partial charge in [-0.05, 0) is 30.2 Å². The van der Waals surface area contributed by atoms with Crippen molar-refractivity contribution in [3.05, 3.63) is 53.8 Å². The topological polar surface area (TPSA) is 60.9 Å². The smallest absolute Gasteiger partial charge is 0.217 e. The second kappa shape index (κ2) is 5.17. The number of fused-ring (bicyclic) bond motifs is 1. The van der Waals surface area contributed by atoms with Gasteiger partial charge in [0.15, 0.2) is 11.0 Å². The Morgan fingerprint density at radius 1 is 1.13 bits per heavy atom. The van der Waals surface area contributed by atoms with Gasteiger partial charge < -0.3 is 4.57 Å². The molecule has 7 heteroatoms. The summed E-state index contributed by atoms with van der Waals surface area (Å²) in [6, 6.07) is 3.92. The summed E-state index contributed by atoms with van der Waals surface area (Å²) in [5, 5.41) is 4.98. The van der Waals surface area contributed by atoms with E-state index < -0.39 is 0 Å². The first-order valence-electron chi connectivity index (χ1n) is 7.08. The second-order valence-corrected chi connectivity index (χ2v) is 5.64. The molecule has 0 spiro atoms. The van der Waals surface area contributed by atoms with Crippen LogP contribution >= 0.6 is 11.6 Å². The highest BCUT2D eigenvalue weighted by Crippen LogP contribution is 2.31. The Labute approximate surface area is 137 Å². The average Bonchev–Trinajstić information content (AvgIpc) is 3.12. The van der Waals surface area contributed by atoms with Crippen molar-refractivity contribution >= 4 is 17.1 Å². The van der Waals surface area contributed by atoms with Gasteiger partial charge in [-0.3, -0.25) is 4.98 Å². The van der Waals surface area contributed by atoms with Crippen LogP contribution < -0.4 is 0 Å². The van der Waals surface area contributed by atoms with Crippen LogP contribution in [0.5, 0.6) is 0 Å². The van der Waals surface area contributed by atoms with Crippen molar-refractivity contribution in [1.29, 1.82) is 0 Å². The van der Waals surface area contributed by atoms with Crippen LogP contribution in [0.3, 0.4) is 0 Å². The Morgan fingerprint density at radius 3 is 2.61 bits per heavy atom. The summed E-state index contributed by atoms with van der Waals surface area (Å²) in [6.07, 6.45) is 9.05. The summed E-state index contributed by atoms with van der Waals surface area (Å²) in [6.45, 7) is 2.01. The maximum atomic E-state index is 6.42. The summed E-state index contributed by atoms with van der Waals surface area (Å²) >= 11 is 6.42. The first-order valence-corrected chi connectivity index (χ1v) is 7.46. The first-order chi connectivity index (χ1) is 11.1. The van der Waals surface area contributed by atoms with Gasteiger partial charge in [0, 0.05) is 43.6 Å². The minimum atomic E-state index is 0.413. The Balaban J connectivity index is 1.96. The van der Waals surface area contributed by atoms with Crippen molar-refractivity contribution in [3.8, 4) is 22.8 Å². The minimum Gasteiger partial charge on any atom is -0.331 e. The molecule has 4 aromatic rings. The molecule has 4 aromatic heterocycles. The zero-order valence-electron chi connectivity index (χ0n) is 12.6. The maximum Gasteiger partial charge on any atom is 0.217 e. The van der Waals surface area contributed by atoms with E-state index >= 15 is 0 Å². The molecule has 23 heavy (non-hydrogen) atoms. The van der Waals surface area contributed by atoms with Crippen LogP contribution in [-0.4, -0.2) is 29.1 Å². The standard InChI is InChI=1S/C16H13ClN6/c1-10-12(11-3-5-18-6-4-11)9-23-13(10)14(17)20-15(21-23)16-19-7-8-22(16)2/h3-9H,1-2H3. The lowest BCUT2D eigenvalue weighted by Gasteiger charge is -2.03. The minimum absolute atomic E-state index is 0.413. The third kappa shape index (κ3) is 2.19. The van der Waals surface area contributed by atoms with Crippen LogP contribution in [0.4, 0.5) is 0 Å². The first kappa shape index (κ1) is 13.9. The summed E-state index contributed by atoms with van der Waals surface area (Å²) in [5.41, 5.74) is 3.96. The SMILES string of the molecule is Cc1c(-c2ccncc2)cn2nc(-c3nccn3C)nc(Cl)c12. The highest BCUT2D eigenvalue weighted by Gasteiger charge is 2.17.